The first-order valence-corrected chi connectivity index (χ1v) is 9.83. The van der Waals surface area contributed by atoms with Crippen LogP contribution >= 0.6 is 0 Å². The van der Waals surface area contributed by atoms with Crippen LogP contribution in [-0.4, -0.2) is 25.5 Å². The lowest BCUT2D eigenvalue weighted by atomic mass is 9.85. The summed E-state index contributed by atoms with van der Waals surface area (Å²) in [6, 6.07) is 13.6. The molecule has 8 nitrogen and oxygen atoms in total. The molecule has 2 heterocycles. The van der Waals surface area contributed by atoms with E-state index in [4.69, 9.17) is 5.10 Å². The summed E-state index contributed by atoms with van der Waals surface area (Å²) in [4.78, 5) is 28.9. The Hall–Kier alpha value is -3.81. The number of benzene rings is 2. The van der Waals surface area contributed by atoms with Crippen LogP contribution in [0.25, 0.3) is 11.4 Å². The molecule has 0 fully saturated rings. The molecule has 150 valence electrons. The lowest BCUT2D eigenvalue weighted by Crippen LogP contribution is -2.31. The smallest absolute Gasteiger partial charge is 0.275 e. The summed E-state index contributed by atoms with van der Waals surface area (Å²) in [5.74, 6) is 1.00. The van der Waals surface area contributed by atoms with E-state index in [9.17, 15) is 14.9 Å². The summed E-state index contributed by atoms with van der Waals surface area (Å²) in [5, 5.41) is 19.7. The van der Waals surface area contributed by atoms with Crippen LogP contribution in [-0.2, 0) is 4.79 Å². The maximum atomic E-state index is 12.9. The van der Waals surface area contributed by atoms with Gasteiger partial charge in [0.05, 0.1) is 10.5 Å². The largest absolute Gasteiger partial charge is 0.328 e. The van der Waals surface area contributed by atoms with Crippen molar-refractivity contribution in [2.75, 3.05) is 5.32 Å². The highest BCUT2D eigenvalue weighted by atomic mass is 16.6. The van der Waals surface area contributed by atoms with Crippen molar-refractivity contribution >= 4 is 17.4 Å². The summed E-state index contributed by atoms with van der Waals surface area (Å²) in [5.41, 5.74) is 3.64. The summed E-state index contributed by atoms with van der Waals surface area (Å²) in [6.07, 6.45) is 1.87. The molecule has 8 heteroatoms. The second kappa shape index (κ2) is 6.91. The van der Waals surface area contributed by atoms with Gasteiger partial charge < -0.3 is 5.32 Å². The van der Waals surface area contributed by atoms with E-state index in [1.807, 2.05) is 31.2 Å². The number of carbonyl (C=O) groups is 1. The molecule has 0 saturated carbocycles. The Kier molecular flexibility index (Phi) is 4.20. The number of nitro benzene ring substituents is 1. The molecule has 1 unspecified atom stereocenters. The number of anilines is 1. The van der Waals surface area contributed by atoms with E-state index in [0.717, 1.165) is 23.2 Å². The van der Waals surface area contributed by atoms with Gasteiger partial charge in [-0.05, 0) is 31.4 Å². The van der Waals surface area contributed by atoms with Gasteiger partial charge in [-0.2, -0.15) is 4.98 Å². The Labute approximate surface area is 172 Å². The Bertz CT molecular complexity index is 1230. The molecule has 1 aromatic heterocycles. The number of hydrogen-bond donors (Lipinski definition) is 1. The molecule has 0 radical (unpaired) electrons. The van der Waals surface area contributed by atoms with Crippen molar-refractivity contribution in [1.82, 2.24) is 14.8 Å². The first-order valence-electron chi connectivity index (χ1n) is 9.83. The van der Waals surface area contributed by atoms with E-state index in [1.165, 1.54) is 6.07 Å². The van der Waals surface area contributed by atoms with Gasteiger partial charge in [0, 0.05) is 29.3 Å². The molecule has 30 heavy (non-hydrogen) atoms. The first kappa shape index (κ1) is 18.2. The normalized spacial score (nSPS) is 17.9. The van der Waals surface area contributed by atoms with E-state index in [0.29, 0.717) is 35.8 Å². The third-order valence-corrected chi connectivity index (χ3v) is 5.68. The number of nitrogens with zero attached hydrogens (tertiary/aromatic N) is 4. The minimum atomic E-state index is -0.684. The van der Waals surface area contributed by atoms with Gasteiger partial charge in [-0.3, -0.25) is 14.9 Å². The lowest BCUT2D eigenvalue weighted by molar-refractivity contribution is -0.385. The Morgan fingerprint density at radius 2 is 1.90 bits per heavy atom. The van der Waals surface area contributed by atoms with Crippen LogP contribution in [0.2, 0.25) is 0 Å². The fourth-order valence-corrected chi connectivity index (χ4v) is 4.27. The number of ketones is 1. The van der Waals surface area contributed by atoms with E-state index in [-0.39, 0.29) is 11.5 Å². The van der Waals surface area contributed by atoms with Crippen molar-refractivity contribution < 1.29 is 9.72 Å². The van der Waals surface area contributed by atoms with Crippen LogP contribution < -0.4 is 5.32 Å². The minimum absolute atomic E-state index is 0.00880. The first-order chi connectivity index (χ1) is 14.5. The number of carbonyl (C=O) groups excluding carboxylic acids is 1. The minimum Gasteiger partial charge on any atom is -0.328 e. The molecular formula is C22H19N5O3. The number of nitrogens with one attached hydrogen (secondary N) is 1. The SMILES string of the molecule is Cc1ccccc1-c1nc2n(n1)C(c1ccccc1[N+](=O)[O-])C1=C(CCCC1=O)N2. The zero-order chi connectivity index (χ0) is 20.8. The number of nitro groups is 1. The third kappa shape index (κ3) is 2.80. The number of allylic oxidation sites excluding steroid dienone is 2. The van der Waals surface area contributed by atoms with Gasteiger partial charge in [0.2, 0.25) is 5.95 Å². The fraction of sp³-hybridized carbons (Fsp3) is 0.227. The number of rotatable bonds is 3. The number of aryl methyl sites for hydroxylation is 1. The molecule has 1 aliphatic carbocycles. The molecule has 0 saturated heterocycles. The van der Waals surface area contributed by atoms with Crippen LogP contribution in [0.5, 0.6) is 0 Å². The summed E-state index contributed by atoms with van der Waals surface area (Å²) in [7, 11) is 0. The van der Waals surface area contributed by atoms with Crippen molar-refractivity contribution in [2.24, 2.45) is 0 Å². The second-order valence-electron chi connectivity index (χ2n) is 7.53. The zero-order valence-electron chi connectivity index (χ0n) is 16.3. The number of para-hydroxylation sites is 1. The second-order valence-corrected chi connectivity index (χ2v) is 7.53. The van der Waals surface area contributed by atoms with E-state index in [1.54, 1.807) is 22.9 Å². The predicted molar refractivity (Wildman–Crippen MR) is 111 cm³/mol. The number of hydrogen-bond acceptors (Lipinski definition) is 6. The maximum Gasteiger partial charge on any atom is 0.275 e. The van der Waals surface area contributed by atoms with Gasteiger partial charge in [0.25, 0.3) is 5.69 Å². The van der Waals surface area contributed by atoms with Crippen molar-refractivity contribution in [3.05, 3.63) is 81.0 Å². The van der Waals surface area contributed by atoms with Crippen LogP contribution in [0, 0.1) is 17.0 Å². The number of aromatic nitrogens is 3. The highest BCUT2D eigenvalue weighted by molar-refractivity contribution is 5.99. The fourth-order valence-electron chi connectivity index (χ4n) is 4.27. The van der Waals surface area contributed by atoms with Crippen LogP contribution in [0.15, 0.2) is 59.8 Å². The Balaban J connectivity index is 1.74. The Morgan fingerprint density at radius 3 is 2.70 bits per heavy atom. The summed E-state index contributed by atoms with van der Waals surface area (Å²) < 4.78 is 1.62. The quantitative estimate of drug-likeness (QED) is 0.522. The van der Waals surface area contributed by atoms with Crippen molar-refractivity contribution in [2.45, 2.75) is 32.2 Å². The molecular weight excluding hydrogens is 382 g/mol. The molecule has 3 aromatic rings. The van der Waals surface area contributed by atoms with E-state index < -0.39 is 11.0 Å². The molecule has 2 aromatic carbocycles. The topological polar surface area (TPSA) is 103 Å². The van der Waals surface area contributed by atoms with Gasteiger partial charge in [-0.1, -0.05) is 36.4 Å². The van der Waals surface area contributed by atoms with Gasteiger partial charge in [-0.25, -0.2) is 4.68 Å². The molecule has 0 spiro atoms. The molecule has 1 N–H and O–H groups in total. The van der Waals surface area contributed by atoms with Crippen LogP contribution in [0.4, 0.5) is 11.6 Å². The van der Waals surface area contributed by atoms with Crippen molar-refractivity contribution in [3.63, 3.8) is 0 Å². The Morgan fingerprint density at radius 1 is 1.13 bits per heavy atom. The average Bonchev–Trinajstić information content (AvgIpc) is 3.16. The van der Waals surface area contributed by atoms with Crippen molar-refractivity contribution in [1.29, 1.82) is 0 Å². The molecule has 1 aliphatic heterocycles. The van der Waals surface area contributed by atoms with Crippen LogP contribution in [0.1, 0.15) is 36.4 Å². The molecule has 2 aliphatic rings. The molecule has 1 atom stereocenters. The highest BCUT2D eigenvalue weighted by Crippen LogP contribution is 2.43. The zero-order valence-corrected chi connectivity index (χ0v) is 16.3. The van der Waals surface area contributed by atoms with Gasteiger partial charge >= 0.3 is 0 Å². The van der Waals surface area contributed by atoms with E-state index in [2.05, 4.69) is 10.3 Å². The highest BCUT2D eigenvalue weighted by Gasteiger charge is 2.39. The average molecular weight is 401 g/mol. The van der Waals surface area contributed by atoms with Gasteiger partial charge in [-0.15, -0.1) is 5.10 Å². The molecule has 0 amide bonds. The van der Waals surface area contributed by atoms with Crippen molar-refractivity contribution in [3.8, 4) is 11.4 Å². The third-order valence-electron chi connectivity index (χ3n) is 5.68. The predicted octanol–water partition coefficient (Wildman–Crippen LogP) is 4.18. The summed E-state index contributed by atoms with van der Waals surface area (Å²) in [6.45, 7) is 1.98. The van der Waals surface area contributed by atoms with Crippen LogP contribution in [0.3, 0.4) is 0 Å². The van der Waals surface area contributed by atoms with E-state index >= 15 is 0 Å². The molecule has 0 bridgehead atoms. The standard InChI is InChI=1S/C22H19N5O3/c1-13-7-2-3-8-14(13)21-24-22-23-16-10-6-12-18(28)19(16)20(26(22)25-21)15-9-4-5-11-17(15)27(29)30/h2-5,7-9,11,20H,6,10,12H2,1H3,(H,23,24,25). The van der Waals surface area contributed by atoms with Gasteiger partial charge in [0.1, 0.15) is 6.04 Å². The lowest BCUT2D eigenvalue weighted by Gasteiger charge is -2.31. The molecule has 5 rings (SSSR count). The summed E-state index contributed by atoms with van der Waals surface area (Å²) >= 11 is 0. The number of fused-ring (bicyclic) bond motifs is 1. The monoisotopic (exact) mass is 401 g/mol. The maximum absolute atomic E-state index is 12.9. The number of Topliss-reactive ketones (excluding diaryl/α,β-unsaturated/α-hetero) is 1. The van der Waals surface area contributed by atoms with Gasteiger partial charge in [0.15, 0.2) is 11.6 Å².